The van der Waals surface area contributed by atoms with Crippen LogP contribution in [0.15, 0.2) is 122 Å². The van der Waals surface area contributed by atoms with Crippen molar-refractivity contribution in [1.82, 2.24) is 19.9 Å². The lowest BCUT2D eigenvalue weighted by atomic mass is 10.00. The minimum Gasteiger partial charge on any atom is -0.255 e. The summed E-state index contributed by atoms with van der Waals surface area (Å²) in [7, 11) is 0. The zero-order valence-electron chi connectivity index (χ0n) is 23.6. The number of hydrogen-bond acceptors (Lipinski definition) is 7. The van der Waals surface area contributed by atoms with Crippen LogP contribution in [-0.4, -0.2) is 19.9 Å². The second-order valence-corrected chi connectivity index (χ2v) is 14.2. The van der Waals surface area contributed by atoms with Gasteiger partial charge in [0.25, 0.3) is 0 Å². The van der Waals surface area contributed by atoms with E-state index in [1.54, 1.807) is 34.0 Å². The maximum atomic E-state index is 5.41. The molecule has 7 heterocycles. The Balaban J connectivity index is 1.29. The highest BCUT2D eigenvalue weighted by Gasteiger charge is 2.19. The average molecular weight is 629 g/mol. The van der Waals surface area contributed by atoms with Crippen LogP contribution in [0.5, 0.6) is 0 Å². The molecule has 7 heteroatoms. The van der Waals surface area contributed by atoms with Crippen LogP contribution in [0.1, 0.15) is 0 Å². The van der Waals surface area contributed by atoms with Crippen LogP contribution in [0.25, 0.3) is 94.5 Å². The van der Waals surface area contributed by atoms with Crippen LogP contribution in [0.3, 0.4) is 0 Å². The van der Waals surface area contributed by atoms with E-state index in [0.29, 0.717) is 0 Å². The fourth-order valence-corrected chi connectivity index (χ4v) is 9.97. The Morgan fingerprint density at radius 3 is 1.22 bits per heavy atom. The number of nitrogens with zero attached hydrogens (tertiary/aromatic N) is 4. The van der Waals surface area contributed by atoms with Gasteiger partial charge in [0.1, 0.15) is 0 Å². The molecule has 10 aromatic rings. The van der Waals surface area contributed by atoms with Crippen LogP contribution in [0.4, 0.5) is 0 Å². The highest BCUT2D eigenvalue weighted by molar-refractivity contribution is 7.27. The Morgan fingerprint density at radius 2 is 0.778 bits per heavy atom. The normalized spacial score (nSPS) is 12.0. The first-order valence-corrected chi connectivity index (χ1v) is 17.1. The molecule has 0 atom stereocenters. The maximum absolute atomic E-state index is 5.41. The minimum absolute atomic E-state index is 0.929. The van der Waals surface area contributed by atoms with Crippen LogP contribution in [0.2, 0.25) is 0 Å². The van der Waals surface area contributed by atoms with Gasteiger partial charge in [-0.3, -0.25) is 15.0 Å². The molecule has 210 valence electrons. The fourth-order valence-electron chi connectivity index (χ4n) is 6.41. The minimum atomic E-state index is 0.929. The monoisotopic (exact) mass is 628 g/mol. The Bertz CT molecular complexity index is 2470. The van der Waals surface area contributed by atoms with E-state index in [1.165, 1.54) is 35.0 Å². The Kier molecular flexibility index (Phi) is 5.45. The number of benzene rings is 3. The lowest BCUT2D eigenvalue weighted by Gasteiger charge is -2.12. The number of pyridine rings is 4. The van der Waals surface area contributed by atoms with E-state index in [0.717, 1.165) is 59.6 Å². The highest BCUT2D eigenvalue weighted by atomic mass is 32.1. The maximum Gasteiger partial charge on any atom is 0.0895 e. The van der Waals surface area contributed by atoms with Gasteiger partial charge in [-0.05, 0) is 54.1 Å². The summed E-state index contributed by atoms with van der Waals surface area (Å²) in [6.45, 7) is 0. The lowest BCUT2D eigenvalue weighted by molar-refractivity contribution is 1.32. The largest absolute Gasteiger partial charge is 0.255 e. The summed E-state index contributed by atoms with van der Waals surface area (Å²) in [5, 5.41) is 3.55. The highest BCUT2D eigenvalue weighted by Crippen LogP contribution is 2.44. The number of aromatic nitrogens is 4. The number of fused-ring (bicyclic) bond motifs is 9. The van der Waals surface area contributed by atoms with Crippen molar-refractivity contribution in [1.29, 1.82) is 0 Å². The molecule has 0 aliphatic rings. The predicted molar refractivity (Wildman–Crippen MR) is 193 cm³/mol. The molecule has 0 aliphatic carbocycles. The van der Waals surface area contributed by atoms with E-state index in [1.807, 2.05) is 18.6 Å². The molecule has 0 unspecified atom stereocenters. The molecule has 3 aromatic carbocycles. The van der Waals surface area contributed by atoms with Gasteiger partial charge >= 0.3 is 0 Å². The molecule has 0 spiro atoms. The van der Waals surface area contributed by atoms with Gasteiger partial charge in [-0.2, -0.15) is 0 Å². The second-order valence-electron chi connectivity index (χ2n) is 11.0. The van der Waals surface area contributed by atoms with Crippen molar-refractivity contribution in [2.24, 2.45) is 0 Å². The average Bonchev–Trinajstić information content (AvgIpc) is 3.79. The summed E-state index contributed by atoms with van der Waals surface area (Å²) in [5.74, 6) is 0. The summed E-state index contributed by atoms with van der Waals surface area (Å²) in [4.78, 5) is 19.9. The van der Waals surface area contributed by atoms with E-state index >= 15 is 0 Å². The molecule has 0 N–H and O–H groups in total. The second kappa shape index (κ2) is 9.71. The van der Waals surface area contributed by atoms with Crippen LogP contribution >= 0.6 is 34.0 Å². The SMILES string of the molecule is c1ccc2c(c1)sc1c(-c3cc(-c4ccnc5c4sc4ccccc45)nc(-c4ccnc5c4sc4ccccc45)c3)ccnc12. The van der Waals surface area contributed by atoms with Crippen molar-refractivity contribution in [2.45, 2.75) is 0 Å². The topological polar surface area (TPSA) is 51.6 Å². The van der Waals surface area contributed by atoms with Crippen molar-refractivity contribution in [3.8, 4) is 33.6 Å². The summed E-state index contributed by atoms with van der Waals surface area (Å²) in [6, 6.07) is 36.4. The summed E-state index contributed by atoms with van der Waals surface area (Å²) < 4.78 is 7.18. The summed E-state index contributed by atoms with van der Waals surface area (Å²) in [6.07, 6.45) is 5.76. The van der Waals surface area contributed by atoms with E-state index in [2.05, 4.69) is 103 Å². The van der Waals surface area contributed by atoms with Crippen LogP contribution in [-0.2, 0) is 0 Å². The van der Waals surface area contributed by atoms with E-state index in [9.17, 15) is 0 Å². The van der Waals surface area contributed by atoms with Crippen molar-refractivity contribution in [3.05, 3.63) is 122 Å². The smallest absolute Gasteiger partial charge is 0.0895 e. The first-order chi connectivity index (χ1) is 22.3. The van der Waals surface area contributed by atoms with Crippen molar-refractivity contribution < 1.29 is 0 Å². The van der Waals surface area contributed by atoms with Crippen LogP contribution < -0.4 is 0 Å². The van der Waals surface area contributed by atoms with Gasteiger partial charge in [0.15, 0.2) is 0 Å². The molecule has 45 heavy (non-hydrogen) atoms. The lowest BCUT2D eigenvalue weighted by Crippen LogP contribution is -1.93. The van der Waals surface area contributed by atoms with Crippen molar-refractivity contribution in [2.75, 3.05) is 0 Å². The molecule has 0 bridgehead atoms. The molecular formula is C38H20N4S3. The number of rotatable bonds is 3. The molecule has 4 nitrogen and oxygen atoms in total. The van der Waals surface area contributed by atoms with E-state index in [-0.39, 0.29) is 0 Å². The molecule has 0 fully saturated rings. The third kappa shape index (κ3) is 3.82. The standard InChI is InChI=1S/C38H20N4S3/c1-4-10-30-25(7-1)33-36(43-30)22(13-16-39-33)21-19-28(23-14-17-40-34-26-8-2-5-11-31(26)44-37(23)34)42-29(20-21)24-15-18-41-35-27-9-3-6-12-32(27)45-38(24)35/h1-20H. The van der Waals surface area contributed by atoms with Crippen LogP contribution in [0, 0.1) is 0 Å². The van der Waals surface area contributed by atoms with Crippen molar-refractivity contribution >= 4 is 94.9 Å². The molecule has 0 amide bonds. The zero-order chi connectivity index (χ0) is 29.5. The first-order valence-electron chi connectivity index (χ1n) is 14.6. The van der Waals surface area contributed by atoms with Gasteiger partial charge in [0, 0.05) is 65.5 Å². The Morgan fingerprint density at radius 1 is 0.400 bits per heavy atom. The predicted octanol–water partition coefficient (Wildman–Crippen LogP) is 11.4. The van der Waals surface area contributed by atoms with Gasteiger partial charge in [-0.15, -0.1) is 34.0 Å². The molecule has 0 saturated carbocycles. The summed E-state index contributed by atoms with van der Waals surface area (Å²) >= 11 is 5.36. The molecule has 0 saturated heterocycles. The van der Waals surface area contributed by atoms with E-state index < -0.39 is 0 Å². The molecule has 10 rings (SSSR count). The molecule has 0 aliphatic heterocycles. The summed E-state index contributed by atoms with van der Waals surface area (Å²) in [5.41, 5.74) is 9.40. The molecule has 0 radical (unpaired) electrons. The van der Waals surface area contributed by atoms with Gasteiger partial charge in [-0.1, -0.05) is 54.6 Å². The van der Waals surface area contributed by atoms with Gasteiger partial charge < -0.3 is 0 Å². The van der Waals surface area contributed by atoms with Gasteiger partial charge in [0.05, 0.1) is 42.0 Å². The Labute approximate surface area is 268 Å². The number of hydrogen-bond donors (Lipinski definition) is 0. The first kappa shape index (κ1) is 25.3. The zero-order valence-corrected chi connectivity index (χ0v) is 26.0. The van der Waals surface area contributed by atoms with Crippen molar-refractivity contribution in [3.63, 3.8) is 0 Å². The van der Waals surface area contributed by atoms with E-state index in [4.69, 9.17) is 19.9 Å². The molecule has 7 aromatic heterocycles. The third-order valence-electron chi connectivity index (χ3n) is 8.46. The van der Waals surface area contributed by atoms with Gasteiger partial charge in [0.2, 0.25) is 0 Å². The Hall–Kier alpha value is -5.08. The van der Waals surface area contributed by atoms with Gasteiger partial charge in [-0.25, -0.2) is 4.98 Å². The third-order valence-corrected chi connectivity index (χ3v) is 12.0. The number of thiophene rings is 3. The fraction of sp³-hybridized carbons (Fsp3) is 0. The quantitative estimate of drug-likeness (QED) is 0.195. The molecular weight excluding hydrogens is 609 g/mol.